The van der Waals surface area contributed by atoms with Gasteiger partial charge in [0.05, 0.1) is 0 Å². The normalized spacial score (nSPS) is 40.3. The Bertz CT molecular complexity index is 636. The molecule has 0 radical (unpaired) electrons. The van der Waals surface area contributed by atoms with Crippen LogP contribution < -0.4 is 0 Å². The molecular weight excluding hydrogens is 513 g/mol. The molecule has 0 spiro atoms. The second-order valence-electron chi connectivity index (χ2n) is 15.1. The zero-order valence-corrected chi connectivity index (χ0v) is 28.7. The Morgan fingerprint density at radius 3 is 0.667 bits per heavy atom. The molecule has 0 bridgehead atoms. The van der Waals surface area contributed by atoms with E-state index in [1.54, 1.807) is 0 Å². The number of rotatable bonds is 12. The van der Waals surface area contributed by atoms with Crippen LogP contribution in [0.3, 0.4) is 0 Å². The summed E-state index contributed by atoms with van der Waals surface area (Å²) in [7, 11) is -9.86. The molecule has 5 fully saturated rings. The van der Waals surface area contributed by atoms with Crippen LogP contribution >= 0.6 is 0 Å². The highest BCUT2D eigenvalue weighted by molar-refractivity contribution is 6.97. The molecule has 0 N–H and O–H groups in total. The Morgan fingerprint density at radius 2 is 0.556 bits per heavy atom. The molecule has 0 aromatic rings. The molecule has 36 heavy (non-hydrogen) atoms. The SMILES string of the molecule is CC(C)C[Si]1(C2CC2)O[Si](CC(C)C)(C2CC2)O[Si](CC(C)C)(C2CC2)O[Si](CC(C)C)(C2CC2)O1. The highest BCUT2D eigenvalue weighted by Gasteiger charge is 2.72. The molecular formula is C28H56O4Si4. The first-order valence-electron chi connectivity index (χ1n) is 15.7. The molecule has 4 nitrogen and oxygen atoms in total. The maximum Gasteiger partial charge on any atom is 0.324 e. The average molecular weight is 569 g/mol. The molecule has 5 rings (SSSR count). The van der Waals surface area contributed by atoms with E-state index in [1.807, 2.05) is 0 Å². The Morgan fingerprint density at radius 1 is 0.389 bits per heavy atom. The standard InChI is InChI=1S/C28H56O4Si4/c1-21(2)17-33(25-9-10-25)29-34(18-22(3)4,26-11-12-26)31-36(20-24(7)8,28-15-16-28)32-35(30-33,19-23(5)6)27-13-14-27/h21-28H,9-20H2,1-8H3. The van der Waals surface area contributed by atoms with E-state index >= 15 is 0 Å². The molecule has 1 heterocycles. The summed E-state index contributed by atoms with van der Waals surface area (Å²) < 4.78 is 32.0. The van der Waals surface area contributed by atoms with E-state index in [9.17, 15) is 0 Å². The molecule has 0 atom stereocenters. The zero-order valence-electron chi connectivity index (χ0n) is 24.7. The van der Waals surface area contributed by atoms with Gasteiger partial charge in [-0.05, 0) is 99.2 Å². The Hall–Kier alpha value is 0.708. The topological polar surface area (TPSA) is 36.9 Å². The van der Waals surface area contributed by atoms with Crippen molar-refractivity contribution in [3.8, 4) is 0 Å². The van der Waals surface area contributed by atoms with Gasteiger partial charge in [-0.25, -0.2) is 0 Å². The van der Waals surface area contributed by atoms with Crippen LogP contribution in [-0.4, -0.2) is 34.2 Å². The van der Waals surface area contributed by atoms with E-state index in [2.05, 4.69) is 55.4 Å². The van der Waals surface area contributed by atoms with Crippen LogP contribution in [0.4, 0.5) is 0 Å². The van der Waals surface area contributed by atoms with Gasteiger partial charge in [-0.1, -0.05) is 55.4 Å². The monoisotopic (exact) mass is 568 g/mol. The summed E-state index contributed by atoms with van der Waals surface area (Å²) in [4.78, 5) is 0. The summed E-state index contributed by atoms with van der Waals surface area (Å²) in [6.45, 7) is 19.2. The highest BCUT2D eigenvalue weighted by atomic mass is 28.5. The smallest absolute Gasteiger partial charge is 0.324 e. The average Bonchev–Trinajstić information content (AvgIpc) is 3.61. The molecule has 4 saturated carbocycles. The first-order valence-corrected chi connectivity index (χ1v) is 24.1. The molecule has 4 aliphatic carbocycles. The van der Waals surface area contributed by atoms with Gasteiger partial charge in [0.25, 0.3) is 0 Å². The van der Waals surface area contributed by atoms with Crippen LogP contribution in [0.25, 0.3) is 0 Å². The van der Waals surface area contributed by atoms with E-state index in [-0.39, 0.29) is 0 Å². The van der Waals surface area contributed by atoms with Crippen molar-refractivity contribution in [2.45, 2.75) is 153 Å². The quantitative estimate of drug-likeness (QED) is 0.220. The molecule has 0 aromatic heterocycles. The highest BCUT2D eigenvalue weighted by Crippen LogP contribution is 2.64. The van der Waals surface area contributed by atoms with E-state index < -0.39 is 34.2 Å². The summed E-state index contributed by atoms with van der Waals surface area (Å²) in [6.07, 6.45) is 10.5. The van der Waals surface area contributed by atoms with E-state index in [4.69, 9.17) is 16.5 Å². The summed E-state index contributed by atoms with van der Waals surface area (Å²) in [5, 5.41) is 0. The zero-order chi connectivity index (χ0) is 25.9. The largest absolute Gasteiger partial charge is 0.415 e. The third-order valence-corrected chi connectivity index (χ3v) is 32.8. The maximum absolute atomic E-state index is 7.99. The minimum absolute atomic E-state index is 0.604. The Kier molecular flexibility index (Phi) is 8.06. The van der Waals surface area contributed by atoms with Crippen LogP contribution in [0.5, 0.6) is 0 Å². The fraction of sp³-hybridized carbons (Fsp3) is 1.00. The van der Waals surface area contributed by atoms with E-state index in [1.165, 1.54) is 51.4 Å². The molecule has 0 aromatic carbocycles. The van der Waals surface area contributed by atoms with Gasteiger partial charge in [-0.15, -0.1) is 0 Å². The van der Waals surface area contributed by atoms with Gasteiger partial charge < -0.3 is 16.5 Å². The molecule has 0 unspecified atom stereocenters. The minimum atomic E-state index is -2.47. The van der Waals surface area contributed by atoms with Crippen LogP contribution in [0, 0.1) is 23.7 Å². The first-order chi connectivity index (χ1) is 16.9. The second-order valence-corrected chi connectivity index (χ2v) is 29.8. The van der Waals surface area contributed by atoms with Gasteiger partial charge in [0.15, 0.2) is 0 Å². The molecule has 1 aliphatic heterocycles. The summed E-state index contributed by atoms with van der Waals surface area (Å²) in [5.41, 5.74) is 2.68. The molecule has 5 aliphatic rings. The predicted molar refractivity (Wildman–Crippen MR) is 158 cm³/mol. The molecule has 208 valence electrons. The van der Waals surface area contributed by atoms with Crippen LogP contribution in [0.15, 0.2) is 0 Å². The lowest BCUT2D eigenvalue weighted by Crippen LogP contribution is -2.71. The summed E-state index contributed by atoms with van der Waals surface area (Å²) in [5.74, 6) is 2.42. The van der Waals surface area contributed by atoms with Crippen molar-refractivity contribution in [3.63, 3.8) is 0 Å². The number of hydrogen-bond donors (Lipinski definition) is 0. The van der Waals surface area contributed by atoms with Crippen molar-refractivity contribution in [2.24, 2.45) is 23.7 Å². The van der Waals surface area contributed by atoms with Gasteiger partial charge in [-0.3, -0.25) is 0 Å². The fourth-order valence-corrected chi connectivity index (χ4v) is 36.9. The van der Waals surface area contributed by atoms with Crippen molar-refractivity contribution in [1.82, 2.24) is 0 Å². The van der Waals surface area contributed by atoms with E-state index in [0.717, 1.165) is 24.2 Å². The van der Waals surface area contributed by atoms with Crippen molar-refractivity contribution >= 4 is 34.2 Å². The second kappa shape index (κ2) is 10.3. The van der Waals surface area contributed by atoms with Gasteiger partial charge in [0.1, 0.15) is 0 Å². The van der Waals surface area contributed by atoms with Crippen LogP contribution in [0.1, 0.15) is 107 Å². The lowest BCUT2D eigenvalue weighted by molar-refractivity contribution is 0.194. The minimum Gasteiger partial charge on any atom is -0.415 e. The summed E-state index contributed by atoms with van der Waals surface area (Å²) in [6, 6.07) is 4.58. The third kappa shape index (κ3) is 6.05. The molecule has 1 saturated heterocycles. The lowest BCUT2D eigenvalue weighted by Gasteiger charge is -2.55. The van der Waals surface area contributed by atoms with Gasteiger partial charge in [-0.2, -0.15) is 0 Å². The van der Waals surface area contributed by atoms with Gasteiger partial charge in [0, 0.05) is 22.2 Å². The predicted octanol–water partition coefficient (Wildman–Crippen LogP) is 9.12. The van der Waals surface area contributed by atoms with Crippen LogP contribution in [0.2, 0.25) is 46.3 Å². The van der Waals surface area contributed by atoms with Crippen LogP contribution in [-0.2, 0) is 16.5 Å². The van der Waals surface area contributed by atoms with Crippen molar-refractivity contribution in [2.75, 3.05) is 0 Å². The molecule has 8 heteroatoms. The fourth-order valence-electron chi connectivity index (χ4n) is 7.29. The maximum atomic E-state index is 7.99. The van der Waals surface area contributed by atoms with Crippen molar-refractivity contribution < 1.29 is 16.5 Å². The Balaban J connectivity index is 1.66. The third-order valence-electron chi connectivity index (χ3n) is 8.95. The molecule has 0 amide bonds. The summed E-state index contributed by atoms with van der Waals surface area (Å²) >= 11 is 0. The van der Waals surface area contributed by atoms with Gasteiger partial charge >= 0.3 is 34.2 Å². The van der Waals surface area contributed by atoms with Crippen molar-refractivity contribution in [3.05, 3.63) is 0 Å². The van der Waals surface area contributed by atoms with E-state index in [0.29, 0.717) is 45.8 Å². The Labute approximate surface area is 227 Å². The number of hydrogen-bond acceptors (Lipinski definition) is 4. The van der Waals surface area contributed by atoms with Crippen molar-refractivity contribution in [1.29, 1.82) is 0 Å². The van der Waals surface area contributed by atoms with Gasteiger partial charge in [0.2, 0.25) is 0 Å². The first kappa shape index (κ1) is 28.2. The lowest BCUT2D eigenvalue weighted by atomic mass is 10.3.